The monoisotopic (exact) mass is 487 g/mol. The smallest absolute Gasteiger partial charge is 0.263 e. The molecule has 0 atom stereocenters. The lowest BCUT2D eigenvalue weighted by Gasteiger charge is -2.18. The molecule has 6 heteroatoms. The molecule has 2 aliphatic heterocycles. The van der Waals surface area contributed by atoms with Crippen LogP contribution in [0.15, 0.2) is 115 Å². The van der Waals surface area contributed by atoms with Gasteiger partial charge in [-0.15, -0.1) is 0 Å². The molecule has 0 saturated heterocycles. The Hall–Kier alpha value is -4.55. The van der Waals surface area contributed by atoms with Crippen LogP contribution in [0.3, 0.4) is 0 Å². The molecule has 2 aliphatic rings. The molecule has 4 aromatic carbocycles. The van der Waals surface area contributed by atoms with Gasteiger partial charge in [-0.1, -0.05) is 49.6 Å². The minimum Gasteiger partial charge on any atom is -0.326 e. The van der Waals surface area contributed by atoms with Crippen LogP contribution < -0.4 is 14.5 Å². The van der Waals surface area contributed by atoms with E-state index in [0.29, 0.717) is 22.5 Å². The second kappa shape index (κ2) is 8.59. The zero-order valence-electron chi connectivity index (χ0n) is 19.3. The van der Waals surface area contributed by atoms with Gasteiger partial charge < -0.3 is 4.72 Å². The average molecular weight is 488 g/mol. The van der Waals surface area contributed by atoms with E-state index < -0.39 is 0 Å². The largest absolute Gasteiger partial charge is 0.326 e. The Bertz CT molecular complexity index is 1370. The Balaban J connectivity index is 1.12. The van der Waals surface area contributed by atoms with Crippen molar-refractivity contribution in [3.8, 4) is 0 Å². The van der Waals surface area contributed by atoms with E-state index in [1.165, 1.54) is 11.9 Å². The van der Waals surface area contributed by atoms with Crippen LogP contribution in [0.25, 0.3) is 11.4 Å². The predicted molar refractivity (Wildman–Crippen MR) is 147 cm³/mol. The first-order chi connectivity index (χ1) is 17.5. The average Bonchev–Trinajstić information content (AvgIpc) is 3.33. The summed E-state index contributed by atoms with van der Waals surface area (Å²) in [6.07, 6.45) is 0. The maximum Gasteiger partial charge on any atom is 0.263 e. The minimum absolute atomic E-state index is 0.0588. The van der Waals surface area contributed by atoms with Gasteiger partial charge in [0.15, 0.2) is 0 Å². The van der Waals surface area contributed by atoms with Crippen molar-refractivity contribution >= 4 is 52.2 Å². The van der Waals surface area contributed by atoms with E-state index in [-0.39, 0.29) is 11.8 Å². The number of nitrogens with one attached hydrogen (secondary N) is 1. The van der Waals surface area contributed by atoms with E-state index in [2.05, 4.69) is 17.9 Å². The maximum absolute atomic E-state index is 12.8. The van der Waals surface area contributed by atoms with Crippen LogP contribution in [0, 0.1) is 0 Å². The molecule has 0 fully saturated rings. The third-order valence-electron chi connectivity index (χ3n) is 6.39. The Labute approximate surface area is 213 Å². The van der Waals surface area contributed by atoms with E-state index in [9.17, 15) is 9.59 Å². The fraction of sp³-hybridized carbons (Fsp3) is 0. The summed E-state index contributed by atoms with van der Waals surface area (Å²) in [5, 5.41) is 0. The number of carbonyl (C=O) groups is 2. The summed E-state index contributed by atoms with van der Waals surface area (Å²) < 4.78 is 3.33. The second-order valence-corrected chi connectivity index (χ2v) is 9.39. The number of fused-ring (bicyclic) bond motifs is 2. The third-order valence-corrected chi connectivity index (χ3v) is 7.24. The minimum atomic E-state index is -0.0620. The van der Waals surface area contributed by atoms with Crippen molar-refractivity contribution < 1.29 is 9.59 Å². The lowest BCUT2D eigenvalue weighted by Crippen LogP contribution is -2.21. The zero-order chi connectivity index (χ0) is 24.8. The van der Waals surface area contributed by atoms with E-state index in [0.717, 1.165) is 33.1 Å². The summed E-state index contributed by atoms with van der Waals surface area (Å²) in [5.74, 6) is -0.121. The summed E-state index contributed by atoms with van der Waals surface area (Å²) in [5.41, 5.74) is 6.93. The van der Waals surface area contributed by atoms with Crippen molar-refractivity contribution in [3.63, 3.8) is 0 Å². The SMILES string of the molecule is C=C1c2ccccc2C(=O)N1c1ccc(NSc2ccc(N3C(=C)c4ccccc4C3=O)cc2)cc1. The highest BCUT2D eigenvalue weighted by Crippen LogP contribution is 2.38. The van der Waals surface area contributed by atoms with E-state index in [1.54, 1.807) is 9.80 Å². The van der Waals surface area contributed by atoms with Gasteiger partial charge in [-0.2, -0.15) is 0 Å². The first kappa shape index (κ1) is 21.9. The molecular weight excluding hydrogens is 466 g/mol. The highest BCUT2D eigenvalue weighted by molar-refractivity contribution is 8.00. The van der Waals surface area contributed by atoms with Crippen LogP contribution >= 0.6 is 11.9 Å². The number of anilines is 3. The normalized spacial score (nSPS) is 14.3. The second-order valence-electron chi connectivity index (χ2n) is 8.51. The number of benzene rings is 4. The Morgan fingerprint density at radius 3 is 1.42 bits per heavy atom. The Morgan fingerprint density at radius 1 is 0.556 bits per heavy atom. The molecule has 0 radical (unpaired) electrons. The first-order valence-corrected chi connectivity index (χ1v) is 12.2. The van der Waals surface area contributed by atoms with Crippen molar-refractivity contribution in [1.29, 1.82) is 0 Å². The van der Waals surface area contributed by atoms with Crippen molar-refractivity contribution in [3.05, 3.63) is 132 Å². The van der Waals surface area contributed by atoms with Crippen LogP contribution in [0.2, 0.25) is 0 Å². The standard InChI is InChI=1S/C30H21N3O2S/c1-19-25-7-3-5-9-27(25)29(34)32(19)22-13-11-21(12-14-22)31-36-24-17-15-23(16-18-24)33-20(2)26-8-4-6-10-28(26)30(33)35/h3-18,31H,1-2H2. The molecule has 0 aliphatic carbocycles. The van der Waals surface area contributed by atoms with Gasteiger partial charge in [0, 0.05) is 44.2 Å². The Morgan fingerprint density at radius 2 is 0.972 bits per heavy atom. The summed E-state index contributed by atoms with van der Waals surface area (Å²) in [7, 11) is 0. The van der Waals surface area contributed by atoms with Crippen molar-refractivity contribution in [1.82, 2.24) is 0 Å². The fourth-order valence-electron chi connectivity index (χ4n) is 4.58. The molecule has 1 N–H and O–H groups in total. The number of amides is 2. The molecule has 0 saturated carbocycles. The molecule has 5 nitrogen and oxygen atoms in total. The molecule has 0 aromatic heterocycles. The van der Waals surface area contributed by atoms with E-state index in [1.807, 2.05) is 97.1 Å². The van der Waals surface area contributed by atoms with Gasteiger partial charge in [-0.25, -0.2) is 0 Å². The van der Waals surface area contributed by atoms with Crippen molar-refractivity contribution in [2.45, 2.75) is 4.90 Å². The number of carbonyl (C=O) groups excluding carboxylic acids is 2. The van der Waals surface area contributed by atoms with Gasteiger partial charge in [0.25, 0.3) is 11.8 Å². The lowest BCUT2D eigenvalue weighted by molar-refractivity contribution is 0.0998. The lowest BCUT2D eigenvalue weighted by atomic mass is 10.1. The van der Waals surface area contributed by atoms with Crippen LogP contribution in [-0.2, 0) is 0 Å². The number of hydrogen-bond donors (Lipinski definition) is 1. The highest BCUT2D eigenvalue weighted by atomic mass is 32.2. The van der Waals surface area contributed by atoms with Crippen LogP contribution in [0.4, 0.5) is 17.1 Å². The quantitative estimate of drug-likeness (QED) is 0.306. The van der Waals surface area contributed by atoms with Gasteiger partial charge in [0.05, 0.1) is 11.4 Å². The van der Waals surface area contributed by atoms with Crippen molar-refractivity contribution in [2.24, 2.45) is 0 Å². The maximum atomic E-state index is 12.8. The fourth-order valence-corrected chi connectivity index (χ4v) is 5.22. The van der Waals surface area contributed by atoms with Crippen LogP contribution in [0.1, 0.15) is 31.8 Å². The van der Waals surface area contributed by atoms with Gasteiger partial charge in [0.1, 0.15) is 0 Å². The molecule has 2 amide bonds. The summed E-state index contributed by atoms with van der Waals surface area (Å²) >= 11 is 1.47. The number of hydrogen-bond acceptors (Lipinski definition) is 4. The molecular formula is C30H21N3O2S. The summed E-state index contributed by atoms with van der Waals surface area (Å²) in [6.45, 7) is 8.23. The van der Waals surface area contributed by atoms with E-state index in [4.69, 9.17) is 0 Å². The molecule has 174 valence electrons. The molecule has 4 aromatic rings. The predicted octanol–water partition coefficient (Wildman–Crippen LogP) is 7.07. The summed E-state index contributed by atoms with van der Waals surface area (Å²) in [6, 6.07) is 30.5. The van der Waals surface area contributed by atoms with Gasteiger partial charge in [0.2, 0.25) is 0 Å². The van der Waals surface area contributed by atoms with Gasteiger partial charge in [-0.05, 0) is 72.6 Å². The zero-order valence-corrected chi connectivity index (χ0v) is 20.1. The molecule has 0 unspecified atom stereocenters. The number of rotatable bonds is 5. The molecule has 36 heavy (non-hydrogen) atoms. The van der Waals surface area contributed by atoms with Crippen molar-refractivity contribution in [2.75, 3.05) is 14.5 Å². The van der Waals surface area contributed by atoms with Crippen LogP contribution in [-0.4, -0.2) is 11.8 Å². The molecule has 0 bridgehead atoms. The first-order valence-electron chi connectivity index (χ1n) is 11.4. The highest BCUT2D eigenvalue weighted by Gasteiger charge is 2.32. The third kappa shape index (κ3) is 3.51. The Kier molecular flexibility index (Phi) is 5.24. The van der Waals surface area contributed by atoms with Gasteiger partial charge >= 0.3 is 0 Å². The topological polar surface area (TPSA) is 52.7 Å². The molecule has 6 rings (SSSR count). The molecule has 2 heterocycles. The van der Waals surface area contributed by atoms with Crippen LogP contribution in [0.5, 0.6) is 0 Å². The summed E-state index contributed by atoms with van der Waals surface area (Å²) in [4.78, 5) is 30.0. The molecule has 0 spiro atoms. The van der Waals surface area contributed by atoms with E-state index >= 15 is 0 Å². The van der Waals surface area contributed by atoms with Gasteiger partial charge in [-0.3, -0.25) is 19.4 Å². The number of nitrogens with zero attached hydrogens (tertiary/aromatic N) is 2.